The first-order valence-corrected chi connectivity index (χ1v) is 8.89. The maximum absolute atomic E-state index is 12.8. The van der Waals surface area contributed by atoms with Crippen LogP contribution in [0, 0.1) is 0 Å². The lowest BCUT2D eigenvalue weighted by Crippen LogP contribution is -2.42. The van der Waals surface area contributed by atoms with Crippen molar-refractivity contribution < 1.29 is 4.79 Å². The van der Waals surface area contributed by atoms with Gasteiger partial charge < -0.3 is 5.73 Å². The lowest BCUT2D eigenvalue weighted by Gasteiger charge is -2.15. The van der Waals surface area contributed by atoms with Crippen LogP contribution in [-0.4, -0.2) is 20.2 Å². The van der Waals surface area contributed by atoms with E-state index in [1.165, 1.54) is 31.4 Å². The van der Waals surface area contributed by atoms with E-state index in [1.54, 1.807) is 6.92 Å². The molecule has 134 valence electrons. The molecule has 0 fully saturated rings. The Balaban J connectivity index is 2.32. The molecule has 6 nitrogen and oxygen atoms in total. The number of aromatic nitrogens is 2. The Bertz CT molecular complexity index is 911. The fourth-order valence-electron chi connectivity index (χ4n) is 2.48. The van der Waals surface area contributed by atoms with E-state index in [1.807, 2.05) is 24.3 Å². The van der Waals surface area contributed by atoms with Crippen LogP contribution in [-0.2, 0) is 14.1 Å². The normalized spacial score (nSPS) is 12.4. The van der Waals surface area contributed by atoms with Gasteiger partial charge in [-0.05, 0) is 30.5 Å². The highest BCUT2D eigenvalue weighted by atomic mass is 32.2. The van der Waals surface area contributed by atoms with Gasteiger partial charge in [0.1, 0.15) is 11.4 Å². The third-order valence-corrected chi connectivity index (χ3v) is 5.30. The van der Waals surface area contributed by atoms with Gasteiger partial charge in [-0.1, -0.05) is 26.0 Å². The van der Waals surface area contributed by atoms with Crippen molar-refractivity contribution in [2.45, 2.75) is 36.8 Å². The van der Waals surface area contributed by atoms with E-state index in [0.29, 0.717) is 5.92 Å². The zero-order valence-electron chi connectivity index (χ0n) is 15.1. The first-order valence-electron chi connectivity index (χ1n) is 8.01. The first-order chi connectivity index (χ1) is 11.6. The van der Waals surface area contributed by atoms with Crippen LogP contribution < -0.4 is 17.0 Å². The molecular formula is C18H23N3O3S. The summed E-state index contributed by atoms with van der Waals surface area (Å²) >= 11 is 1.36. The number of hydrogen-bond acceptors (Lipinski definition) is 5. The van der Waals surface area contributed by atoms with Gasteiger partial charge in [-0.15, -0.1) is 11.8 Å². The summed E-state index contributed by atoms with van der Waals surface area (Å²) in [6, 6.07) is 7.99. The Morgan fingerprint density at radius 3 is 2.12 bits per heavy atom. The molecule has 0 aliphatic heterocycles. The molecule has 2 N–H and O–H groups in total. The number of carbonyl (C=O) groups excluding carboxylic acids is 1. The average Bonchev–Trinajstić information content (AvgIpc) is 2.58. The molecule has 1 aromatic heterocycles. The van der Waals surface area contributed by atoms with Gasteiger partial charge in [0.05, 0.1) is 5.25 Å². The number of carbonyl (C=O) groups is 1. The highest BCUT2D eigenvalue weighted by molar-refractivity contribution is 8.00. The van der Waals surface area contributed by atoms with Crippen molar-refractivity contribution in [1.82, 2.24) is 9.13 Å². The highest BCUT2D eigenvalue weighted by Crippen LogP contribution is 2.27. The SMILES string of the molecule is CC(Sc1ccc(C(C)C)cc1)C(=O)c1c(N)n(C)c(=O)n(C)c1=O. The van der Waals surface area contributed by atoms with Gasteiger partial charge in [0, 0.05) is 19.0 Å². The summed E-state index contributed by atoms with van der Waals surface area (Å²) in [5.74, 6) is -0.0427. The Labute approximate surface area is 150 Å². The molecule has 7 heteroatoms. The second kappa shape index (κ2) is 7.31. The molecule has 2 rings (SSSR count). The van der Waals surface area contributed by atoms with Crippen LogP contribution >= 0.6 is 11.8 Å². The molecule has 0 radical (unpaired) electrons. The third kappa shape index (κ3) is 3.71. The maximum atomic E-state index is 12.8. The van der Waals surface area contributed by atoms with Crippen molar-refractivity contribution in [3.05, 3.63) is 56.2 Å². The molecule has 0 saturated carbocycles. The zero-order chi connectivity index (χ0) is 18.9. The molecule has 1 aromatic carbocycles. The molecule has 0 saturated heterocycles. The molecule has 25 heavy (non-hydrogen) atoms. The van der Waals surface area contributed by atoms with Gasteiger partial charge in [0.15, 0.2) is 5.78 Å². The lowest BCUT2D eigenvalue weighted by atomic mass is 10.0. The summed E-state index contributed by atoms with van der Waals surface area (Å²) in [7, 11) is 2.78. The molecule has 1 heterocycles. The molecule has 0 amide bonds. The summed E-state index contributed by atoms with van der Waals surface area (Å²) in [6.07, 6.45) is 0. The standard InChI is InChI=1S/C18H23N3O3S/c1-10(2)12-6-8-13(9-7-12)25-11(3)15(22)14-16(19)20(4)18(24)21(5)17(14)23/h6-11H,19H2,1-5H3. The molecular weight excluding hydrogens is 338 g/mol. The van der Waals surface area contributed by atoms with E-state index < -0.39 is 16.5 Å². The number of nitrogen functional groups attached to an aromatic ring is 1. The fraction of sp³-hybridized carbons (Fsp3) is 0.389. The number of nitrogens with zero attached hydrogens (tertiary/aromatic N) is 2. The second-order valence-electron chi connectivity index (χ2n) is 6.31. The van der Waals surface area contributed by atoms with Gasteiger partial charge in [0.25, 0.3) is 5.56 Å². The zero-order valence-corrected chi connectivity index (χ0v) is 15.9. The van der Waals surface area contributed by atoms with Gasteiger partial charge in [-0.3, -0.25) is 18.7 Å². The minimum absolute atomic E-state index is 0.0966. The predicted molar refractivity (Wildman–Crippen MR) is 102 cm³/mol. The van der Waals surface area contributed by atoms with Crippen molar-refractivity contribution in [3.63, 3.8) is 0 Å². The number of nitrogens with two attached hydrogens (primary N) is 1. The summed E-state index contributed by atoms with van der Waals surface area (Å²) in [4.78, 5) is 37.9. The molecule has 0 aliphatic rings. The number of hydrogen-bond donors (Lipinski definition) is 1. The van der Waals surface area contributed by atoms with Crippen LogP contribution in [0.2, 0.25) is 0 Å². The minimum atomic E-state index is -0.659. The van der Waals surface area contributed by atoms with Crippen molar-refractivity contribution >= 4 is 23.4 Å². The summed E-state index contributed by atoms with van der Waals surface area (Å²) in [5.41, 5.74) is 5.73. The number of Topliss-reactive ketones (excluding diaryl/α,β-unsaturated/α-hetero) is 1. The topological polar surface area (TPSA) is 87.1 Å². The molecule has 0 aliphatic carbocycles. The van der Waals surface area contributed by atoms with Crippen LogP contribution in [0.1, 0.15) is 42.6 Å². The number of thioether (sulfide) groups is 1. The number of rotatable bonds is 5. The van der Waals surface area contributed by atoms with E-state index in [-0.39, 0.29) is 17.2 Å². The maximum Gasteiger partial charge on any atom is 0.332 e. The Hall–Kier alpha value is -2.28. The monoisotopic (exact) mass is 361 g/mol. The van der Waals surface area contributed by atoms with E-state index >= 15 is 0 Å². The van der Waals surface area contributed by atoms with Crippen molar-refractivity contribution in [1.29, 1.82) is 0 Å². The Morgan fingerprint density at radius 2 is 1.60 bits per heavy atom. The van der Waals surface area contributed by atoms with Gasteiger partial charge in [-0.2, -0.15) is 0 Å². The van der Waals surface area contributed by atoms with Crippen LogP contribution in [0.15, 0.2) is 38.8 Å². The van der Waals surface area contributed by atoms with Crippen molar-refractivity contribution in [2.75, 3.05) is 5.73 Å². The van der Waals surface area contributed by atoms with Gasteiger partial charge in [-0.25, -0.2) is 4.79 Å². The Morgan fingerprint density at radius 1 is 1.04 bits per heavy atom. The summed E-state index contributed by atoms with van der Waals surface area (Å²) in [5, 5.41) is -0.502. The second-order valence-corrected chi connectivity index (χ2v) is 7.73. The van der Waals surface area contributed by atoms with Crippen LogP contribution in [0.5, 0.6) is 0 Å². The quantitative estimate of drug-likeness (QED) is 0.651. The third-order valence-electron chi connectivity index (χ3n) is 4.19. The largest absolute Gasteiger partial charge is 0.384 e. The lowest BCUT2D eigenvalue weighted by molar-refractivity contribution is 0.0992. The van der Waals surface area contributed by atoms with Crippen molar-refractivity contribution in [3.8, 4) is 0 Å². The molecule has 2 aromatic rings. The number of benzene rings is 1. The van der Waals surface area contributed by atoms with Crippen LogP contribution in [0.25, 0.3) is 0 Å². The van der Waals surface area contributed by atoms with Crippen molar-refractivity contribution in [2.24, 2.45) is 14.1 Å². The molecule has 0 spiro atoms. The van der Waals surface area contributed by atoms with Crippen LogP contribution in [0.3, 0.4) is 0 Å². The highest BCUT2D eigenvalue weighted by Gasteiger charge is 2.25. The average molecular weight is 361 g/mol. The van der Waals surface area contributed by atoms with Crippen LogP contribution in [0.4, 0.5) is 5.82 Å². The Kier molecular flexibility index (Phi) is 5.57. The first kappa shape index (κ1) is 19.1. The number of anilines is 1. The van der Waals surface area contributed by atoms with E-state index in [9.17, 15) is 14.4 Å². The number of ketones is 1. The van der Waals surface area contributed by atoms with Gasteiger partial charge in [0.2, 0.25) is 0 Å². The van der Waals surface area contributed by atoms with E-state index in [2.05, 4.69) is 13.8 Å². The van der Waals surface area contributed by atoms with E-state index in [4.69, 9.17) is 5.73 Å². The smallest absolute Gasteiger partial charge is 0.332 e. The van der Waals surface area contributed by atoms with E-state index in [0.717, 1.165) is 14.0 Å². The molecule has 1 unspecified atom stereocenters. The minimum Gasteiger partial charge on any atom is -0.384 e. The molecule has 1 atom stereocenters. The van der Waals surface area contributed by atoms with Gasteiger partial charge >= 0.3 is 5.69 Å². The predicted octanol–water partition coefficient (Wildman–Crippen LogP) is 2.15. The summed E-state index contributed by atoms with van der Waals surface area (Å²) < 4.78 is 2.02. The summed E-state index contributed by atoms with van der Waals surface area (Å²) in [6.45, 7) is 5.96. The fourth-order valence-corrected chi connectivity index (χ4v) is 3.41. The molecule has 0 bridgehead atoms.